The number of furan rings is 1. The number of unbranched alkanes of at least 4 members (excludes halogenated alkanes) is 1. The Morgan fingerprint density at radius 1 is 1.53 bits per heavy atom. The summed E-state index contributed by atoms with van der Waals surface area (Å²) in [6.07, 6.45) is 6.19. The lowest BCUT2D eigenvalue weighted by atomic mass is 10.0. The lowest BCUT2D eigenvalue weighted by Crippen LogP contribution is -2.30. The van der Waals surface area contributed by atoms with E-state index >= 15 is 0 Å². The summed E-state index contributed by atoms with van der Waals surface area (Å²) in [6, 6.07) is 1.59. The number of nitrogens with one attached hydrogen (secondary N) is 1. The maximum absolute atomic E-state index is 11.4. The van der Waals surface area contributed by atoms with E-state index in [2.05, 4.69) is 19.3 Å². The zero-order chi connectivity index (χ0) is 14.1. The van der Waals surface area contributed by atoms with Gasteiger partial charge in [0.25, 0.3) is 5.91 Å². The topological polar surface area (TPSA) is 77.5 Å². The van der Waals surface area contributed by atoms with Crippen LogP contribution in [0.25, 0.3) is 0 Å². The number of carbonyl (C=O) groups is 1. The zero-order valence-electron chi connectivity index (χ0n) is 11.8. The SMILES string of the molecule is CCCCC(CC)COCc1occc1C(=O)NN. The number of hydrazine groups is 1. The molecule has 19 heavy (non-hydrogen) atoms. The molecular formula is C14H24N2O3. The molecule has 0 saturated carbocycles. The van der Waals surface area contributed by atoms with Gasteiger partial charge in [-0.1, -0.05) is 33.1 Å². The van der Waals surface area contributed by atoms with Gasteiger partial charge in [-0.25, -0.2) is 5.84 Å². The highest BCUT2D eigenvalue weighted by molar-refractivity contribution is 5.94. The Labute approximate surface area is 114 Å². The molecule has 0 bridgehead atoms. The van der Waals surface area contributed by atoms with E-state index in [4.69, 9.17) is 15.0 Å². The predicted octanol–water partition coefficient (Wildman–Crippen LogP) is 2.62. The van der Waals surface area contributed by atoms with Crippen LogP contribution in [-0.2, 0) is 11.3 Å². The van der Waals surface area contributed by atoms with Gasteiger partial charge >= 0.3 is 0 Å². The third-order valence-corrected chi connectivity index (χ3v) is 3.25. The largest absolute Gasteiger partial charge is 0.466 e. The van der Waals surface area contributed by atoms with Crippen LogP contribution < -0.4 is 11.3 Å². The van der Waals surface area contributed by atoms with Crippen molar-refractivity contribution in [3.05, 3.63) is 23.7 Å². The molecule has 0 saturated heterocycles. The number of rotatable bonds is 9. The van der Waals surface area contributed by atoms with E-state index in [0.717, 1.165) is 6.42 Å². The molecule has 1 rings (SSSR count). The minimum atomic E-state index is -0.356. The first-order chi connectivity index (χ1) is 9.22. The maximum atomic E-state index is 11.4. The number of ether oxygens (including phenoxy) is 1. The number of nitrogen functional groups attached to an aromatic ring is 1. The summed E-state index contributed by atoms with van der Waals surface area (Å²) < 4.78 is 10.9. The van der Waals surface area contributed by atoms with E-state index in [1.54, 1.807) is 6.07 Å². The normalized spacial score (nSPS) is 12.4. The van der Waals surface area contributed by atoms with Gasteiger partial charge in [0.05, 0.1) is 11.8 Å². The molecule has 0 aliphatic heterocycles. The average Bonchev–Trinajstić information content (AvgIpc) is 2.90. The summed E-state index contributed by atoms with van der Waals surface area (Å²) in [5, 5.41) is 0. The lowest BCUT2D eigenvalue weighted by molar-refractivity contribution is 0.0693. The molecule has 1 aromatic rings. The molecule has 0 aliphatic rings. The molecule has 0 spiro atoms. The smallest absolute Gasteiger partial charge is 0.268 e. The summed E-state index contributed by atoms with van der Waals surface area (Å²) in [4.78, 5) is 11.4. The average molecular weight is 268 g/mol. The first kappa shape index (κ1) is 15.7. The fourth-order valence-corrected chi connectivity index (χ4v) is 1.95. The molecule has 0 aromatic carbocycles. The van der Waals surface area contributed by atoms with Crippen molar-refractivity contribution >= 4 is 5.91 Å². The van der Waals surface area contributed by atoms with Crippen LogP contribution in [-0.4, -0.2) is 12.5 Å². The van der Waals surface area contributed by atoms with Gasteiger partial charge in [-0.15, -0.1) is 0 Å². The van der Waals surface area contributed by atoms with Crippen molar-refractivity contribution < 1.29 is 13.9 Å². The molecule has 5 heteroatoms. The predicted molar refractivity (Wildman–Crippen MR) is 73.3 cm³/mol. The van der Waals surface area contributed by atoms with Crippen LogP contribution in [0.4, 0.5) is 0 Å². The minimum Gasteiger partial charge on any atom is -0.466 e. The van der Waals surface area contributed by atoms with Gasteiger partial charge in [0, 0.05) is 6.61 Å². The second kappa shape index (κ2) is 8.72. The molecule has 1 unspecified atom stereocenters. The second-order valence-corrected chi connectivity index (χ2v) is 4.66. The molecular weight excluding hydrogens is 244 g/mol. The zero-order valence-corrected chi connectivity index (χ0v) is 11.8. The van der Waals surface area contributed by atoms with E-state index in [0.29, 0.717) is 30.5 Å². The van der Waals surface area contributed by atoms with Crippen LogP contribution in [0.15, 0.2) is 16.7 Å². The van der Waals surface area contributed by atoms with Gasteiger partial charge in [0.15, 0.2) is 0 Å². The molecule has 0 radical (unpaired) electrons. The Morgan fingerprint density at radius 3 is 2.95 bits per heavy atom. The van der Waals surface area contributed by atoms with Gasteiger partial charge in [-0.05, 0) is 18.4 Å². The van der Waals surface area contributed by atoms with Crippen LogP contribution >= 0.6 is 0 Å². The molecule has 1 aromatic heterocycles. The third-order valence-electron chi connectivity index (χ3n) is 3.25. The van der Waals surface area contributed by atoms with Gasteiger partial charge in [0.1, 0.15) is 12.4 Å². The summed E-state index contributed by atoms with van der Waals surface area (Å²) in [7, 11) is 0. The second-order valence-electron chi connectivity index (χ2n) is 4.66. The number of carbonyl (C=O) groups excluding carboxylic acids is 1. The van der Waals surface area contributed by atoms with Crippen molar-refractivity contribution in [2.45, 2.75) is 46.1 Å². The van der Waals surface area contributed by atoms with Crippen LogP contribution in [0.5, 0.6) is 0 Å². The quantitative estimate of drug-likeness (QED) is 0.410. The van der Waals surface area contributed by atoms with Crippen LogP contribution in [0.1, 0.15) is 55.6 Å². The third kappa shape index (κ3) is 5.04. The maximum Gasteiger partial charge on any atom is 0.268 e. The van der Waals surface area contributed by atoms with Gasteiger partial charge in [0.2, 0.25) is 0 Å². The number of hydrogen-bond donors (Lipinski definition) is 2. The Morgan fingerprint density at radius 2 is 2.32 bits per heavy atom. The van der Waals surface area contributed by atoms with Crippen LogP contribution in [0.3, 0.4) is 0 Å². The molecule has 0 fully saturated rings. The van der Waals surface area contributed by atoms with E-state index in [1.165, 1.54) is 25.5 Å². The van der Waals surface area contributed by atoms with Crippen molar-refractivity contribution in [2.75, 3.05) is 6.61 Å². The van der Waals surface area contributed by atoms with Crippen LogP contribution in [0, 0.1) is 5.92 Å². The first-order valence-electron chi connectivity index (χ1n) is 6.87. The highest BCUT2D eigenvalue weighted by atomic mass is 16.5. The van der Waals surface area contributed by atoms with E-state index in [1.807, 2.05) is 0 Å². The summed E-state index contributed by atoms with van der Waals surface area (Å²) in [5.41, 5.74) is 2.53. The van der Waals surface area contributed by atoms with E-state index < -0.39 is 0 Å². The number of nitrogens with two attached hydrogens (primary N) is 1. The first-order valence-corrected chi connectivity index (χ1v) is 6.87. The Hall–Kier alpha value is -1.33. The highest BCUT2D eigenvalue weighted by Gasteiger charge is 2.14. The summed E-state index contributed by atoms with van der Waals surface area (Å²) >= 11 is 0. The highest BCUT2D eigenvalue weighted by Crippen LogP contribution is 2.16. The Bertz CT molecular complexity index is 377. The van der Waals surface area contributed by atoms with Gasteiger partial charge < -0.3 is 9.15 Å². The fourth-order valence-electron chi connectivity index (χ4n) is 1.95. The van der Waals surface area contributed by atoms with Crippen molar-refractivity contribution in [1.82, 2.24) is 5.43 Å². The van der Waals surface area contributed by atoms with Crippen LogP contribution in [0.2, 0.25) is 0 Å². The van der Waals surface area contributed by atoms with Gasteiger partial charge in [-0.3, -0.25) is 10.2 Å². The molecule has 1 heterocycles. The molecule has 3 N–H and O–H groups in total. The number of hydrogen-bond acceptors (Lipinski definition) is 4. The molecule has 1 atom stereocenters. The molecule has 108 valence electrons. The van der Waals surface area contributed by atoms with Crippen molar-refractivity contribution in [3.63, 3.8) is 0 Å². The molecule has 1 amide bonds. The molecule has 5 nitrogen and oxygen atoms in total. The van der Waals surface area contributed by atoms with E-state index in [9.17, 15) is 4.79 Å². The van der Waals surface area contributed by atoms with Crippen molar-refractivity contribution in [3.8, 4) is 0 Å². The Balaban J connectivity index is 2.40. The standard InChI is InChI=1S/C14H24N2O3/c1-3-5-6-11(4-2)9-18-10-13-12(7-8-19-13)14(17)16-15/h7-8,11H,3-6,9-10,15H2,1-2H3,(H,16,17). The Kier molecular flexibility index (Phi) is 7.22. The summed E-state index contributed by atoms with van der Waals surface area (Å²) in [6.45, 7) is 5.36. The van der Waals surface area contributed by atoms with Crippen molar-refractivity contribution in [1.29, 1.82) is 0 Å². The van der Waals surface area contributed by atoms with E-state index in [-0.39, 0.29) is 5.91 Å². The fraction of sp³-hybridized carbons (Fsp3) is 0.643. The monoisotopic (exact) mass is 268 g/mol. The number of amides is 1. The minimum absolute atomic E-state index is 0.304. The van der Waals surface area contributed by atoms with Crippen molar-refractivity contribution in [2.24, 2.45) is 11.8 Å². The summed E-state index contributed by atoms with van der Waals surface area (Å²) in [5.74, 6) is 5.84. The lowest BCUT2D eigenvalue weighted by Gasteiger charge is -2.14. The molecule has 0 aliphatic carbocycles. The van der Waals surface area contributed by atoms with Gasteiger partial charge in [-0.2, -0.15) is 0 Å².